The zero-order valence-corrected chi connectivity index (χ0v) is 10.9. The molecule has 0 aliphatic heterocycles. The number of hydrogen-bond donors (Lipinski definition) is 2. The largest absolute Gasteiger partial charge is 0.384 e. The SMILES string of the molecule is Cc1c(C#CCO)cccc1C(=O)Nc1cncnc1. The highest BCUT2D eigenvalue weighted by molar-refractivity contribution is 6.05. The van der Waals surface area contributed by atoms with Crippen LogP contribution in [0, 0.1) is 18.8 Å². The minimum atomic E-state index is -0.245. The van der Waals surface area contributed by atoms with Gasteiger partial charge in [0.1, 0.15) is 12.9 Å². The fourth-order valence-electron chi connectivity index (χ4n) is 1.71. The van der Waals surface area contributed by atoms with Crippen LogP contribution in [0.5, 0.6) is 0 Å². The molecule has 20 heavy (non-hydrogen) atoms. The molecule has 1 aromatic heterocycles. The Balaban J connectivity index is 2.26. The maximum atomic E-state index is 12.2. The normalized spacial score (nSPS) is 9.50. The van der Waals surface area contributed by atoms with E-state index in [1.807, 2.05) is 6.92 Å². The first-order valence-electron chi connectivity index (χ1n) is 5.98. The van der Waals surface area contributed by atoms with Gasteiger partial charge in [0, 0.05) is 11.1 Å². The first-order chi connectivity index (χ1) is 9.72. The lowest BCUT2D eigenvalue weighted by molar-refractivity contribution is 0.102. The summed E-state index contributed by atoms with van der Waals surface area (Å²) in [6, 6.07) is 5.28. The Morgan fingerprint density at radius 1 is 1.35 bits per heavy atom. The third kappa shape index (κ3) is 3.19. The second kappa shape index (κ2) is 6.45. The fraction of sp³-hybridized carbons (Fsp3) is 0.133. The van der Waals surface area contributed by atoms with Gasteiger partial charge in [-0.15, -0.1) is 0 Å². The van der Waals surface area contributed by atoms with Crippen molar-refractivity contribution in [3.05, 3.63) is 53.6 Å². The van der Waals surface area contributed by atoms with Gasteiger partial charge in [-0.25, -0.2) is 9.97 Å². The van der Waals surface area contributed by atoms with E-state index in [-0.39, 0.29) is 12.5 Å². The van der Waals surface area contributed by atoms with Crippen LogP contribution < -0.4 is 5.32 Å². The number of aliphatic hydroxyl groups excluding tert-OH is 1. The summed E-state index contributed by atoms with van der Waals surface area (Å²) in [7, 11) is 0. The quantitative estimate of drug-likeness (QED) is 0.806. The lowest BCUT2D eigenvalue weighted by Gasteiger charge is -2.08. The lowest BCUT2D eigenvalue weighted by atomic mass is 10.0. The van der Waals surface area contributed by atoms with Crippen LogP contribution in [0.2, 0.25) is 0 Å². The molecule has 1 heterocycles. The van der Waals surface area contributed by atoms with E-state index in [9.17, 15) is 4.79 Å². The summed E-state index contributed by atoms with van der Waals surface area (Å²) in [4.78, 5) is 19.9. The monoisotopic (exact) mass is 267 g/mol. The highest BCUT2D eigenvalue weighted by Crippen LogP contribution is 2.14. The van der Waals surface area contributed by atoms with Crippen molar-refractivity contribution in [3.8, 4) is 11.8 Å². The minimum Gasteiger partial charge on any atom is -0.384 e. The molecule has 0 aliphatic rings. The molecule has 0 radical (unpaired) electrons. The van der Waals surface area contributed by atoms with Crippen molar-refractivity contribution in [1.29, 1.82) is 0 Å². The van der Waals surface area contributed by atoms with Crippen molar-refractivity contribution in [2.75, 3.05) is 11.9 Å². The van der Waals surface area contributed by atoms with Gasteiger partial charge < -0.3 is 10.4 Å². The molecule has 5 heteroatoms. The molecule has 100 valence electrons. The van der Waals surface area contributed by atoms with Crippen LogP contribution in [-0.4, -0.2) is 27.6 Å². The van der Waals surface area contributed by atoms with Crippen LogP contribution in [0.1, 0.15) is 21.5 Å². The van der Waals surface area contributed by atoms with Gasteiger partial charge in [0.15, 0.2) is 0 Å². The molecule has 1 aromatic carbocycles. The molecule has 0 saturated heterocycles. The van der Waals surface area contributed by atoms with E-state index in [1.54, 1.807) is 18.2 Å². The summed E-state index contributed by atoms with van der Waals surface area (Å²) in [5, 5.41) is 11.4. The summed E-state index contributed by atoms with van der Waals surface area (Å²) in [6.07, 6.45) is 4.44. The highest BCUT2D eigenvalue weighted by atomic mass is 16.2. The Morgan fingerprint density at radius 3 is 2.80 bits per heavy atom. The lowest BCUT2D eigenvalue weighted by Crippen LogP contribution is -2.14. The molecule has 2 rings (SSSR count). The summed E-state index contributed by atoms with van der Waals surface area (Å²) in [5.74, 6) is 5.15. The zero-order valence-electron chi connectivity index (χ0n) is 10.9. The van der Waals surface area contributed by atoms with Crippen LogP contribution in [0.3, 0.4) is 0 Å². The second-order valence-corrected chi connectivity index (χ2v) is 4.02. The highest BCUT2D eigenvalue weighted by Gasteiger charge is 2.11. The number of benzene rings is 1. The third-order valence-electron chi connectivity index (χ3n) is 2.70. The fourth-order valence-corrected chi connectivity index (χ4v) is 1.71. The number of aromatic nitrogens is 2. The van der Waals surface area contributed by atoms with Crippen LogP contribution in [0.25, 0.3) is 0 Å². The van der Waals surface area contributed by atoms with Crippen LogP contribution in [0.15, 0.2) is 36.9 Å². The summed E-state index contributed by atoms with van der Waals surface area (Å²) in [5.41, 5.74) is 2.54. The molecule has 1 amide bonds. The Morgan fingerprint density at radius 2 is 2.10 bits per heavy atom. The molecule has 0 fully saturated rings. The number of carbonyl (C=O) groups excluding carboxylic acids is 1. The molecule has 2 N–H and O–H groups in total. The molecule has 5 nitrogen and oxygen atoms in total. The average Bonchev–Trinajstić information content (AvgIpc) is 2.47. The van der Waals surface area contributed by atoms with Crippen molar-refractivity contribution in [3.63, 3.8) is 0 Å². The molecule has 0 unspecified atom stereocenters. The predicted molar refractivity (Wildman–Crippen MR) is 75.1 cm³/mol. The van der Waals surface area contributed by atoms with Gasteiger partial charge in [0.25, 0.3) is 5.91 Å². The number of hydrogen-bond acceptors (Lipinski definition) is 4. The van der Waals surface area contributed by atoms with E-state index in [0.717, 1.165) is 11.1 Å². The van der Waals surface area contributed by atoms with Crippen LogP contribution in [-0.2, 0) is 0 Å². The smallest absolute Gasteiger partial charge is 0.256 e. The maximum Gasteiger partial charge on any atom is 0.256 e. The van der Waals surface area contributed by atoms with E-state index in [4.69, 9.17) is 5.11 Å². The molecule has 0 aliphatic carbocycles. The van der Waals surface area contributed by atoms with E-state index in [0.29, 0.717) is 11.3 Å². The van der Waals surface area contributed by atoms with Crippen LogP contribution in [0.4, 0.5) is 5.69 Å². The summed E-state index contributed by atoms with van der Waals surface area (Å²) in [6.45, 7) is 1.61. The van der Waals surface area contributed by atoms with Gasteiger partial charge in [-0.1, -0.05) is 17.9 Å². The predicted octanol–water partition coefficient (Wildman–Crippen LogP) is 1.38. The molecule has 0 spiro atoms. The van der Waals surface area contributed by atoms with Gasteiger partial charge in [-0.2, -0.15) is 0 Å². The van der Waals surface area contributed by atoms with Gasteiger partial charge >= 0.3 is 0 Å². The first kappa shape index (κ1) is 13.7. The molecule has 2 aromatic rings. The molecule has 0 saturated carbocycles. The standard InChI is InChI=1S/C15H13N3O2/c1-11-12(5-3-7-19)4-2-6-14(11)15(20)18-13-8-16-10-17-9-13/h2,4,6,8-10,19H,7H2,1H3,(H,18,20). The Hall–Kier alpha value is -2.71. The number of rotatable bonds is 2. The maximum absolute atomic E-state index is 12.2. The number of aliphatic hydroxyl groups is 1. The zero-order chi connectivity index (χ0) is 14.4. The first-order valence-corrected chi connectivity index (χ1v) is 5.98. The van der Waals surface area contributed by atoms with E-state index >= 15 is 0 Å². The molecule has 0 atom stereocenters. The van der Waals surface area contributed by atoms with Crippen molar-refractivity contribution < 1.29 is 9.90 Å². The van der Waals surface area contributed by atoms with Gasteiger partial charge in [-0.05, 0) is 24.6 Å². The van der Waals surface area contributed by atoms with Gasteiger partial charge in [0.2, 0.25) is 0 Å². The van der Waals surface area contributed by atoms with Crippen molar-refractivity contribution in [2.45, 2.75) is 6.92 Å². The van der Waals surface area contributed by atoms with E-state index < -0.39 is 0 Å². The number of amides is 1. The summed E-state index contributed by atoms with van der Waals surface area (Å²) < 4.78 is 0. The number of nitrogens with one attached hydrogen (secondary N) is 1. The van der Waals surface area contributed by atoms with Crippen molar-refractivity contribution in [1.82, 2.24) is 9.97 Å². The Kier molecular flexibility index (Phi) is 4.43. The Labute approximate surface area is 116 Å². The number of carbonyl (C=O) groups is 1. The summed E-state index contributed by atoms with van der Waals surface area (Å²) >= 11 is 0. The van der Waals surface area contributed by atoms with E-state index in [2.05, 4.69) is 27.1 Å². The number of nitrogens with zero attached hydrogens (tertiary/aromatic N) is 2. The van der Waals surface area contributed by atoms with Crippen molar-refractivity contribution in [2.24, 2.45) is 0 Å². The van der Waals surface area contributed by atoms with E-state index in [1.165, 1.54) is 18.7 Å². The van der Waals surface area contributed by atoms with Gasteiger partial charge in [-0.3, -0.25) is 4.79 Å². The second-order valence-electron chi connectivity index (χ2n) is 4.02. The average molecular weight is 267 g/mol. The third-order valence-corrected chi connectivity index (χ3v) is 2.70. The Bertz CT molecular complexity index is 673. The number of anilines is 1. The topological polar surface area (TPSA) is 75.1 Å². The minimum absolute atomic E-state index is 0.211. The molecular weight excluding hydrogens is 254 g/mol. The molecule has 0 bridgehead atoms. The molecular formula is C15H13N3O2. The van der Waals surface area contributed by atoms with Crippen LogP contribution >= 0.6 is 0 Å². The van der Waals surface area contributed by atoms with Gasteiger partial charge in [0.05, 0.1) is 18.1 Å². The van der Waals surface area contributed by atoms with Crippen molar-refractivity contribution >= 4 is 11.6 Å².